The Kier molecular flexibility index (Phi) is 4.99. The number of hydrogen-bond donors (Lipinski definition) is 1. The van der Waals surface area contributed by atoms with Gasteiger partial charge in [-0.05, 0) is 23.3 Å². The molecule has 0 aromatic heterocycles. The zero-order valence-corrected chi connectivity index (χ0v) is 11.6. The Morgan fingerprint density at radius 1 is 1.39 bits per heavy atom. The first-order valence-electron chi connectivity index (χ1n) is 5.69. The molecule has 2 N–H and O–H groups in total. The van der Waals surface area contributed by atoms with Crippen LogP contribution in [0.5, 0.6) is 0 Å². The van der Waals surface area contributed by atoms with Crippen LogP contribution in [-0.4, -0.2) is 11.7 Å². The standard InChI is InChI=1S/C13H19ClN2O2/c1-13(2,3)18-12(17)16-8-9-4-5-11(14)6-10(9)7-15/h4-6H,7-8,15H2,1-3H3,(H,16,17)/p-1. The topological polar surface area (TPSA) is 70.7 Å². The number of nitrogens with zero attached hydrogens (tertiary/aromatic N) is 1. The fraction of sp³-hybridized carbons (Fsp3) is 0.462. The summed E-state index contributed by atoms with van der Waals surface area (Å²) in [5, 5.41) is 12.1. The van der Waals surface area contributed by atoms with E-state index in [-0.39, 0.29) is 6.54 Å². The van der Waals surface area contributed by atoms with Crippen molar-refractivity contribution in [2.45, 2.75) is 39.5 Å². The third-order valence-electron chi connectivity index (χ3n) is 2.16. The molecule has 18 heavy (non-hydrogen) atoms. The Hall–Kier alpha value is -1.26. The molecule has 0 aliphatic rings. The molecule has 0 heterocycles. The van der Waals surface area contributed by atoms with E-state index in [2.05, 4.69) is 4.99 Å². The van der Waals surface area contributed by atoms with Gasteiger partial charge in [-0.25, -0.2) is 0 Å². The Morgan fingerprint density at radius 3 is 2.61 bits per heavy atom. The van der Waals surface area contributed by atoms with E-state index < -0.39 is 11.7 Å². The van der Waals surface area contributed by atoms with Crippen molar-refractivity contribution < 1.29 is 9.84 Å². The van der Waals surface area contributed by atoms with Gasteiger partial charge in [-0.3, -0.25) is 4.99 Å². The number of hydrogen-bond acceptors (Lipinski definition) is 4. The van der Waals surface area contributed by atoms with Crippen LogP contribution in [0.2, 0.25) is 5.02 Å². The number of rotatable bonds is 3. The number of aliphatic imine (C=N–C) groups is 1. The fourth-order valence-corrected chi connectivity index (χ4v) is 1.58. The van der Waals surface area contributed by atoms with Crippen LogP contribution in [0.3, 0.4) is 0 Å². The van der Waals surface area contributed by atoms with Gasteiger partial charge in [-0.15, -0.1) is 0 Å². The summed E-state index contributed by atoms with van der Waals surface area (Å²) >= 11 is 5.87. The first-order valence-corrected chi connectivity index (χ1v) is 6.07. The minimum absolute atomic E-state index is 0.249. The molecule has 0 aliphatic heterocycles. The van der Waals surface area contributed by atoms with Gasteiger partial charge in [0.15, 0.2) is 0 Å². The molecule has 0 atom stereocenters. The molecule has 5 heteroatoms. The second-order valence-corrected chi connectivity index (χ2v) is 5.35. The lowest BCUT2D eigenvalue weighted by molar-refractivity contribution is -0.260. The monoisotopic (exact) mass is 269 g/mol. The van der Waals surface area contributed by atoms with Crippen molar-refractivity contribution in [1.29, 1.82) is 0 Å². The average Bonchev–Trinajstić information content (AvgIpc) is 2.24. The van der Waals surface area contributed by atoms with Crippen molar-refractivity contribution in [3.8, 4) is 0 Å². The summed E-state index contributed by atoms with van der Waals surface area (Å²) in [6.45, 7) is 6.01. The van der Waals surface area contributed by atoms with Crippen LogP contribution in [0.15, 0.2) is 23.2 Å². The van der Waals surface area contributed by atoms with Crippen LogP contribution in [0.1, 0.15) is 31.9 Å². The predicted molar refractivity (Wildman–Crippen MR) is 71.3 cm³/mol. The minimum Gasteiger partial charge on any atom is -0.595 e. The van der Waals surface area contributed by atoms with Crippen LogP contribution in [-0.2, 0) is 17.8 Å². The maximum absolute atomic E-state index is 11.5. The normalized spacial score (nSPS) is 12.6. The van der Waals surface area contributed by atoms with Gasteiger partial charge in [0.25, 0.3) is 0 Å². The maximum atomic E-state index is 11.5. The second-order valence-electron chi connectivity index (χ2n) is 4.91. The van der Waals surface area contributed by atoms with E-state index in [4.69, 9.17) is 22.1 Å². The van der Waals surface area contributed by atoms with E-state index in [9.17, 15) is 5.11 Å². The lowest BCUT2D eigenvalue weighted by Gasteiger charge is -2.29. The fourth-order valence-electron chi connectivity index (χ4n) is 1.38. The van der Waals surface area contributed by atoms with Gasteiger partial charge in [0.1, 0.15) is 6.08 Å². The van der Waals surface area contributed by atoms with Crippen molar-refractivity contribution in [3.63, 3.8) is 0 Å². The zero-order valence-electron chi connectivity index (χ0n) is 10.9. The quantitative estimate of drug-likeness (QED) is 0.672. The molecule has 0 unspecified atom stereocenters. The Bertz CT molecular complexity index is 439. The number of halogens is 1. The van der Waals surface area contributed by atoms with E-state index in [1.165, 1.54) is 0 Å². The highest BCUT2D eigenvalue weighted by atomic mass is 35.5. The first kappa shape index (κ1) is 14.8. The molecule has 0 radical (unpaired) electrons. The molecular weight excluding hydrogens is 252 g/mol. The molecule has 0 aliphatic carbocycles. The van der Waals surface area contributed by atoms with Gasteiger partial charge in [-0.2, -0.15) is 0 Å². The molecule has 4 nitrogen and oxygen atoms in total. The van der Waals surface area contributed by atoms with Gasteiger partial charge in [0.05, 0.1) is 6.54 Å². The van der Waals surface area contributed by atoms with Crippen LogP contribution in [0.25, 0.3) is 0 Å². The SMILES string of the molecule is CC(C)(C)OC([O-])=NCc1ccc(Cl)cc1CN. The smallest absolute Gasteiger partial charge is 0.146 e. The Labute approximate surface area is 112 Å². The molecule has 100 valence electrons. The van der Waals surface area contributed by atoms with Crippen molar-refractivity contribution in [2.24, 2.45) is 10.7 Å². The van der Waals surface area contributed by atoms with Crippen molar-refractivity contribution >= 4 is 17.7 Å². The summed E-state index contributed by atoms with van der Waals surface area (Å²) in [5.74, 6) is 0. The predicted octanol–water partition coefficient (Wildman–Crippen LogP) is 1.83. The molecule has 0 amide bonds. The third-order valence-corrected chi connectivity index (χ3v) is 2.40. The first-order chi connectivity index (χ1) is 8.31. The van der Waals surface area contributed by atoms with Gasteiger partial charge < -0.3 is 15.6 Å². The molecule has 1 aromatic carbocycles. The summed E-state index contributed by atoms with van der Waals surface area (Å²) in [6.07, 6.45) is -0.569. The van der Waals surface area contributed by atoms with Crippen molar-refractivity contribution in [1.82, 2.24) is 0 Å². The van der Waals surface area contributed by atoms with E-state index in [1.807, 2.05) is 6.07 Å². The van der Waals surface area contributed by atoms with Crippen LogP contribution >= 0.6 is 11.6 Å². The number of benzene rings is 1. The van der Waals surface area contributed by atoms with Gasteiger partial charge in [-0.1, -0.05) is 38.4 Å². The van der Waals surface area contributed by atoms with Crippen molar-refractivity contribution in [2.75, 3.05) is 0 Å². The van der Waals surface area contributed by atoms with Crippen LogP contribution in [0.4, 0.5) is 0 Å². The average molecular weight is 270 g/mol. The highest BCUT2D eigenvalue weighted by Crippen LogP contribution is 2.16. The van der Waals surface area contributed by atoms with Gasteiger partial charge >= 0.3 is 0 Å². The lowest BCUT2D eigenvalue weighted by Crippen LogP contribution is -2.31. The molecular formula is C13H18ClN2O2-. The van der Waals surface area contributed by atoms with E-state index in [0.29, 0.717) is 11.6 Å². The summed E-state index contributed by atoms with van der Waals surface area (Å²) in [4.78, 5) is 3.86. The van der Waals surface area contributed by atoms with E-state index in [1.54, 1.807) is 32.9 Å². The zero-order chi connectivity index (χ0) is 13.8. The van der Waals surface area contributed by atoms with Gasteiger partial charge in [0, 0.05) is 17.2 Å². The highest BCUT2D eigenvalue weighted by molar-refractivity contribution is 6.30. The summed E-state index contributed by atoms with van der Waals surface area (Å²) in [7, 11) is 0. The van der Waals surface area contributed by atoms with Crippen LogP contribution in [0, 0.1) is 0 Å². The molecule has 0 saturated heterocycles. The third kappa shape index (κ3) is 4.94. The number of ether oxygens (including phenoxy) is 1. The largest absolute Gasteiger partial charge is 0.595 e. The minimum atomic E-state index is -0.569. The summed E-state index contributed by atoms with van der Waals surface area (Å²) < 4.78 is 5.09. The molecule has 0 spiro atoms. The lowest BCUT2D eigenvalue weighted by atomic mass is 10.1. The summed E-state index contributed by atoms with van der Waals surface area (Å²) in [5.41, 5.74) is 6.85. The second kappa shape index (κ2) is 6.07. The van der Waals surface area contributed by atoms with E-state index >= 15 is 0 Å². The van der Waals surface area contributed by atoms with Crippen molar-refractivity contribution in [3.05, 3.63) is 34.3 Å². The Morgan fingerprint density at radius 2 is 2.06 bits per heavy atom. The molecule has 1 rings (SSSR count). The molecule has 0 fully saturated rings. The van der Waals surface area contributed by atoms with E-state index in [0.717, 1.165) is 11.1 Å². The highest BCUT2D eigenvalue weighted by Gasteiger charge is 2.05. The molecule has 0 saturated carbocycles. The van der Waals surface area contributed by atoms with Crippen LogP contribution < -0.4 is 10.8 Å². The molecule has 0 bridgehead atoms. The number of nitrogens with two attached hydrogens (primary N) is 1. The van der Waals surface area contributed by atoms with Gasteiger partial charge in [0.2, 0.25) is 0 Å². The Balaban J connectivity index is 2.76. The summed E-state index contributed by atoms with van der Waals surface area (Å²) in [6, 6.07) is 5.35. The maximum Gasteiger partial charge on any atom is 0.146 e. The molecule has 1 aromatic rings.